The number of hydrogen-bond acceptors (Lipinski definition) is 3. The first-order valence-electron chi connectivity index (χ1n) is 4.38. The van der Waals surface area contributed by atoms with E-state index in [1.807, 2.05) is 0 Å². The standard InChI is InChI=1S/C10H10Cl2N2O2/c1-16-14-9(5-10(13)15)6-2-3-7(11)8(12)4-6/h2-4H,5H2,1H3,(H2,13,15). The van der Waals surface area contributed by atoms with Crippen LogP contribution < -0.4 is 5.73 Å². The largest absolute Gasteiger partial charge is 0.399 e. The summed E-state index contributed by atoms with van der Waals surface area (Å²) in [7, 11) is 1.39. The first kappa shape index (κ1) is 12.8. The normalized spacial score (nSPS) is 11.3. The summed E-state index contributed by atoms with van der Waals surface area (Å²) in [5.41, 5.74) is 6.15. The predicted octanol–water partition coefficient (Wildman–Crippen LogP) is 2.22. The number of rotatable bonds is 4. The van der Waals surface area contributed by atoms with Gasteiger partial charge in [0.05, 0.1) is 22.2 Å². The van der Waals surface area contributed by atoms with E-state index in [1.165, 1.54) is 7.11 Å². The van der Waals surface area contributed by atoms with E-state index in [0.717, 1.165) is 0 Å². The molecule has 1 aromatic rings. The molecule has 1 aromatic carbocycles. The molecule has 86 valence electrons. The molecule has 0 radical (unpaired) electrons. The Morgan fingerprint density at radius 1 is 1.44 bits per heavy atom. The van der Waals surface area contributed by atoms with Crippen molar-refractivity contribution in [1.29, 1.82) is 0 Å². The van der Waals surface area contributed by atoms with Crippen molar-refractivity contribution in [1.82, 2.24) is 0 Å². The molecule has 6 heteroatoms. The van der Waals surface area contributed by atoms with Gasteiger partial charge in [-0.25, -0.2) is 0 Å². The maximum absolute atomic E-state index is 10.8. The number of nitrogens with two attached hydrogens (primary N) is 1. The van der Waals surface area contributed by atoms with Crippen LogP contribution in [-0.4, -0.2) is 18.7 Å². The van der Waals surface area contributed by atoms with E-state index in [0.29, 0.717) is 21.3 Å². The molecular formula is C10H10Cl2N2O2. The molecular weight excluding hydrogens is 251 g/mol. The monoisotopic (exact) mass is 260 g/mol. The topological polar surface area (TPSA) is 64.7 Å². The molecule has 1 amide bonds. The molecule has 0 bridgehead atoms. The number of nitrogens with zero attached hydrogens (tertiary/aromatic N) is 1. The Morgan fingerprint density at radius 3 is 2.62 bits per heavy atom. The highest BCUT2D eigenvalue weighted by Gasteiger charge is 2.10. The van der Waals surface area contributed by atoms with Crippen LogP contribution in [0.15, 0.2) is 23.4 Å². The Kier molecular flexibility index (Phi) is 4.58. The van der Waals surface area contributed by atoms with Crippen LogP contribution in [0, 0.1) is 0 Å². The van der Waals surface area contributed by atoms with Gasteiger partial charge in [0.1, 0.15) is 7.11 Å². The molecule has 0 atom stereocenters. The minimum atomic E-state index is -0.498. The smallest absolute Gasteiger partial charge is 0.223 e. The molecule has 0 unspecified atom stereocenters. The van der Waals surface area contributed by atoms with Crippen LogP contribution in [0.1, 0.15) is 12.0 Å². The zero-order valence-corrected chi connectivity index (χ0v) is 10.0. The fourth-order valence-electron chi connectivity index (χ4n) is 1.14. The highest BCUT2D eigenvalue weighted by atomic mass is 35.5. The SMILES string of the molecule is CON=C(CC(N)=O)c1ccc(Cl)c(Cl)c1. The van der Waals surface area contributed by atoms with Gasteiger partial charge in [0.15, 0.2) is 0 Å². The van der Waals surface area contributed by atoms with Gasteiger partial charge in [0.2, 0.25) is 5.91 Å². The van der Waals surface area contributed by atoms with Crippen LogP contribution >= 0.6 is 23.2 Å². The second-order valence-corrected chi connectivity index (χ2v) is 3.81. The maximum atomic E-state index is 10.8. The molecule has 0 aliphatic carbocycles. The van der Waals surface area contributed by atoms with Gasteiger partial charge >= 0.3 is 0 Å². The van der Waals surface area contributed by atoms with E-state index in [1.54, 1.807) is 18.2 Å². The van der Waals surface area contributed by atoms with E-state index in [4.69, 9.17) is 28.9 Å². The third-order valence-corrected chi connectivity index (χ3v) is 2.54. The van der Waals surface area contributed by atoms with Crippen molar-refractivity contribution in [3.8, 4) is 0 Å². The van der Waals surface area contributed by atoms with Crippen molar-refractivity contribution in [2.24, 2.45) is 10.9 Å². The lowest BCUT2D eigenvalue weighted by atomic mass is 10.1. The number of hydrogen-bond donors (Lipinski definition) is 1. The van der Waals surface area contributed by atoms with Gasteiger partial charge in [0, 0.05) is 5.56 Å². The minimum Gasteiger partial charge on any atom is -0.399 e. The van der Waals surface area contributed by atoms with Crippen LogP contribution in [0.5, 0.6) is 0 Å². The fourth-order valence-corrected chi connectivity index (χ4v) is 1.44. The summed E-state index contributed by atoms with van der Waals surface area (Å²) in [6, 6.07) is 4.91. The Morgan fingerprint density at radius 2 is 2.12 bits per heavy atom. The third kappa shape index (κ3) is 3.40. The molecule has 0 spiro atoms. The number of carbonyl (C=O) groups is 1. The van der Waals surface area contributed by atoms with Gasteiger partial charge in [-0.05, 0) is 12.1 Å². The number of benzene rings is 1. The predicted molar refractivity (Wildman–Crippen MR) is 63.8 cm³/mol. The maximum Gasteiger partial charge on any atom is 0.223 e. The average molecular weight is 261 g/mol. The van der Waals surface area contributed by atoms with Crippen molar-refractivity contribution in [2.45, 2.75) is 6.42 Å². The number of oxime groups is 1. The van der Waals surface area contributed by atoms with Crippen LogP contribution in [0.25, 0.3) is 0 Å². The van der Waals surface area contributed by atoms with E-state index >= 15 is 0 Å². The van der Waals surface area contributed by atoms with Crippen molar-refractivity contribution in [3.05, 3.63) is 33.8 Å². The van der Waals surface area contributed by atoms with Crippen molar-refractivity contribution in [3.63, 3.8) is 0 Å². The van der Waals surface area contributed by atoms with E-state index < -0.39 is 5.91 Å². The lowest BCUT2D eigenvalue weighted by Gasteiger charge is -2.05. The van der Waals surface area contributed by atoms with Crippen LogP contribution in [0.2, 0.25) is 10.0 Å². The number of halogens is 2. The first-order chi connectivity index (χ1) is 7.54. The van der Waals surface area contributed by atoms with Crippen LogP contribution in [0.4, 0.5) is 0 Å². The number of primary amides is 1. The number of carbonyl (C=O) groups excluding carboxylic acids is 1. The van der Waals surface area contributed by atoms with Gasteiger partial charge < -0.3 is 10.6 Å². The summed E-state index contributed by atoms with van der Waals surface area (Å²) in [6.45, 7) is 0. The summed E-state index contributed by atoms with van der Waals surface area (Å²) in [5.74, 6) is -0.498. The first-order valence-corrected chi connectivity index (χ1v) is 5.14. The van der Waals surface area contributed by atoms with Gasteiger partial charge in [-0.1, -0.05) is 34.4 Å². The summed E-state index contributed by atoms with van der Waals surface area (Å²) in [4.78, 5) is 15.5. The second kappa shape index (κ2) is 5.72. The van der Waals surface area contributed by atoms with Crippen molar-refractivity contribution in [2.75, 3.05) is 7.11 Å². The average Bonchev–Trinajstić information content (AvgIpc) is 2.21. The van der Waals surface area contributed by atoms with Crippen molar-refractivity contribution < 1.29 is 9.63 Å². The summed E-state index contributed by atoms with van der Waals surface area (Å²) < 4.78 is 0. The molecule has 2 N–H and O–H groups in total. The lowest BCUT2D eigenvalue weighted by Crippen LogP contribution is -2.17. The van der Waals surface area contributed by atoms with E-state index in [2.05, 4.69) is 9.99 Å². The molecule has 0 heterocycles. The van der Waals surface area contributed by atoms with Gasteiger partial charge in [-0.15, -0.1) is 0 Å². The van der Waals surface area contributed by atoms with Gasteiger partial charge in [0.25, 0.3) is 0 Å². The molecule has 0 aliphatic rings. The third-order valence-electron chi connectivity index (χ3n) is 1.80. The molecule has 4 nitrogen and oxygen atoms in total. The Hall–Kier alpha value is -1.26. The van der Waals surface area contributed by atoms with E-state index in [-0.39, 0.29) is 6.42 Å². The minimum absolute atomic E-state index is 0.0220. The van der Waals surface area contributed by atoms with Gasteiger partial charge in [-0.2, -0.15) is 0 Å². The molecule has 0 aliphatic heterocycles. The Balaban J connectivity index is 3.06. The zero-order valence-electron chi connectivity index (χ0n) is 8.54. The molecule has 1 rings (SSSR count). The molecule has 16 heavy (non-hydrogen) atoms. The van der Waals surface area contributed by atoms with Gasteiger partial charge in [-0.3, -0.25) is 4.79 Å². The quantitative estimate of drug-likeness (QED) is 0.667. The second-order valence-electron chi connectivity index (χ2n) is 2.99. The van der Waals surface area contributed by atoms with E-state index in [9.17, 15) is 4.79 Å². The molecule has 0 saturated heterocycles. The Bertz CT molecular complexity index is 433. The zero-order chi connectivity index (χ0) is 12.1. The van der Waals surface area contributed by atoms with Crippen molar-refractivity contribution >= 4 is 34.8 Å². The lowest BCUT2D eigenvalue weighted by molar-refractivity contribution is -0.116. The molecule has 0 aromatic heterocycles. The molecule has 0 fully saturated rings. The summed E-state index contributed by atoms with van der Waals surface area (Å²) in [5, 5.41) is 4.53. The number of amides is 1. The molecule has 0 saturated carbocycles. The highest BCUT2D eigenvalue weighted by Crippen LogP contribution is 2.23. The summed E-state index contributed by atoms with van der Waals surface area (Å²) >= 11 is 11.6. The van der Waals surface area contributed by atoms with Crippen LogP contribution in [0.3, 0.4) is 0 Å². The van der Waals surface area contributed by atoms with Crippen LogP contribution in [-0.2, 0) is 9.63 Å². The fraction of sp³-hybridized carbons (Fsp3) is 0.200. The highest BCUT2D eigenvalue weighted by molar-refractivity contribution is 6.42. The summed E-state index contributed by atoms with van der Waals surface area (Å²) in [6.07, 6.45) is -0.0220. The Labute approximate surface area is 103 Å².